The summed E-state index contributed by atoms with van der Waals surface area (Å²) in [4.78, 5) is 4.11. The first-order valence-electron chi connectivity index (χ1n) is 4.40. The van der Waals surface area contributed by atoms with E-state index in [9.17, 15) is 0 Å². The van der Waals surface area contributed by atoms with Crippen LogP contribution in [0, 0.1) is 11.3 Å². The number of nitrogens with zero attached hydrogens (tertiary/aromatic N) is 2. The van der Waals surface area contributed by atoms with E-state index in [0.29, 0.717) is 11.7 Å². The third kappa shape index (κ3) is 2.75. The van der Waals surface area contributed by atoms with Crippen molar-refractivity contribution in [1.82, 2.24) is 4.98 Å². The molecule has 1 aromatic rings. The third-order valence-electron chi connectivity index (χ3n) is 1.87. The summed E-state index contributed by atoms with van der Waals surface area (Å²) in [7, 11) is 0. The Morgan fingerprint density at radius 1 is 1.62 bits per heavy atom. The van der Waals surface area contributed by atoms with Gasteiger partial charge in [-0.3, -0.25) is 0 Å². The van der Waals surface area contributed by atoms with Crippen molar-refractivity contribution in [1.29, 1.82) is 5.26 Å². The fraction of sp³-hybridized carbons (Fsp3) is 0.400. The molecule has 13 heavy (non-hydrogen) atoms. The van der Waals surface area contributed by atoms with E-state index in [0.717, 1.165) is 12.2 Å². The van der Waals surface area contributed by atoms with Crippen LogP contribution in [0.2, 0.25) is 0 Å². The Kier molecular flexibility index (Phi) is 3.27. The Morgan fingerprint density at radius 2 is 2.38 bits per heavy atom. The SMILES string of the molecule is CCC(C)Nc1cccc(C#N)n1. The fourth-order valence-corrected chi connectivity index (χ4v) is 0.932. The molecule has 3 nitrogen and oxygen atoms in total. The molecule has 0 bridgehead atoms. The summed E-state index contributed by atoms with van der Waals surface area (Å²) in [5.74, 6) is 0.772. The van der Waals surface area contributed by atoms with Gasteiger partial charge in [0, 0.05) is 6.04 Å². The zero-order chi connectivity index (χ0) is 9.68. The smallest absolute Gasteiger partial charge is 0.142 e. The molecular formula is C10H13N3. The van der Waals surface area contributed by atoms with Crippen LogP contribution < -0.4 is 5.32 Å². The minimum atomic E-state index is 0.390. The second-order valence-electron chi connectivity index (χ2n) is 2.97. The molecule has 0 amide bonds. The van der Waals surface area contributed by atoms with Crippen molar-refractivity contribution in [3.8, 4) is 6.07 Å². The van der Waals surface area contributed by atoms with Gasteiger partial charge in [0.25, 0.3) is 0 Å². The molecule has 0 saturated heterocycles. The van der Waals surface area contributed by atoms with Gasteiger partial charge in [-0.2, -0.15) is 5.26 Å². The minimum absolute atomic E-state index is 0.390. The zero-order valence-electron chi connectivity index (χ0n) is 7.91. The Morgan fingerprint density at radius 3 is 3.00 bits per heavy atom. The largest absolute Gasteiger partial charge is 0.368 e. The Hall–Kier alpha value is -1.56. The molecule has 0 fully saturated rings. The van der Waals surface area contributed by atoms with Gasteiger partial charge < -0.3 is 5.32 Å². The van der Waals surface area contributed by atoms with Crippen LogP contribution in [0.5, 0.6) is 0 Å². The molecule has 0 radical (unpaired) electrons. The standard InChI is InChI=1S/C10H13N3/c1-3-8(2)12-10-6-4-5-9(7-11)13-10/h4-6,8H,3H2,1-2H3,(H,12,13). The van der Waals surface area contributed by atoms with E-state index in [4.69, 9.17) is 5.26 Å². The lowest BCUT2D eigenvalue weighted by molar-refractivity contribution is 0.759. The van der Waals surface area contributed by atoms with Gasteiger partial charge in [-0.05, 0) is 25.5 Å². The predicted octanol–water partition coefficient (Wildman–Crippen LogP) is 2.16. The Bertz CT molecular complexity index is 314. The number of anilines is 1. The molecule has 0 aromatic carbocycles. The number of nitrogens with one attached hydrogen (secondary N) is 1. The fourth-order valence-electron chi connectivity index (χ4n) is 0.932. The summed E-state index contributed by atoms with van der Waals surface area (Å²) in [5, 5.41) is 11.8. The van der Waals surface area contributed by atoms with E-state index in [2.05, 4.69) is 24.1 Å². The number of rotatable bonds is 3. The maximum Gasteiger partial charge on any atom is 0.142 e. The van der Waals surface area contributed by atoms with Crippen LogP contribution in [-0.2, 0) is 0 Å². The first-order chi connectivity index (χ1) is 6.26. The van der Waals surface area contributed by atoms with Crippen molar-refractivity contribution in [3.63, 3.8) is 0 Å². The van der Waals surface area contributed by atoms with E-state index < -0.39 is 0 Å². The molecule has 0 aliphatic rings. The van der Waals surface area contributed by atoms with E-state index in [1.54, 1.807) is 6.07 Å². The quantitative estimate of drug-likeness (QED) is 0.765. The van der Waals surface area contributed by atoms with E-state index in [1.807, 2.05) is 18.2 Å². The van der Waals surface area contributed by atoms with Gasteiger partial charge in [0.15, 0.2) is 0 Å². The summed E-state index contributed by atoms with van der Waals surface area (Å²) in [6.45, 7) is 4.19. The molecule has 1 aromatic heterocycles. The molecule has 1 rings (SSSR count). The minimum Gasteiger partial charge on any atom is -0.368 e. The molecule has 3 heteroatoms. The van der Waals surface area contributed by atoms with Gasteiger partial charge in [0.2, 0.25) is 0 Å². The number of hydrogen-bond acceptors (Lipinski definition) is 3. The van der Waals surface area contributed by atoms with Crippen molar-refractivity contribution in [2.45, 2.75) is 26.3 Å². The van der Waals surface area contributed by atoms with Crippen molar-refractivity contribution < 1.29 is 0 Å². The molecule has 1 N–H and O–H groups in total. The Balaban J connectivity index is 2.73. The van der Waals surface area contributed by atoms with Gasteiger partial charge in [0.05, 0.1) is 0 Å². The lowest BCUT2D eigenvalue weighted by Crippen LogP contribution is -2.14. The Labute approximate surface area is 78.4 Å². The van der Waals surface area contributed by atoms with Crippen molar-refractivity contribution in [3.05, 3.63) is 23.9 Å². The molecular weight excluding hydrogens is 162 g/mol. The summed E-state index contributed by atoms with van der Waals surface area (Å²) in [6, 6.07) is 7.79. The van der Waals surface area contributed by atoms with Crippen LogP contribution in [0.4, 0.5) is 5.82 Å². The molecule has 68 valence electrons. The summed E-state index contributed by atoms with van der Waals surface area (Å²) in [5.41, 5.74) is 0.452. The van der Waals surface area contributed by atoms with Crippen molar-refractivity contribution >= 4 is 5.82 Å². The topological polar surface area (TPSA) is 48.7 Å². The van der Waals surface area contributed by atoms with Gasteiger partial charge >= 0.3 is 0 Å². The first kappa shape index (κ1) is 9.53. The summed E-state index contributed by atoms with van der Waals surface area (Å²) >= 11 is 0. The second kappa shape index (κ2) is 4.46. The van der Waals surface area contributed by atoms with E-state index in [1.165, 1.54) is 0 Å². The zero-order valence-corrected chi connectivity index (χ0v) is 7.91. The van der Waals surface area contributed by atoms with Crippen LogP contribution in [0.15, 0.2) is 18.2 Å². The number of pyridine rings is 1. The molecule has 1 atom stereocenters. The highest BCUT2D eigenvalue weighted by molar-refractivity contribution is 5.38. The highest BCUT2D eigenvalue weighted by Crippen LogP contribution is 2.06. The van der Waals surface area contributed by atoms with Gasteiger partial charge in [-0.1, -0.05) is 13.0 Å². The second-order valence-corrected chi connectivity index (χ2v) is 2.97. The molecule has 0 spiro atoms. The molecule has 0 saturated carbocycles. The van der Waals surface area contributed by atoms with E-state index >= 15 is 0 Å². The van der Waals surface area contributed by atoms with Gasteiger partial charge in [-0.15, -0.1) is 0 Å². The number of aromatic nitrogens is 1. The maximum absolute atomic E-state index is 8.61. The molecule has 1 heterocycles. The molecule has 0 aliphatic heterocycles. The van der Waals surface area contributed by atoms with Crippen LogP contribution in [0.3, 0.4) is 0 Å². The molecule has 0 aliphatic carbocycles. The first-order valence-corrected chi connectivity index (χ1v) is 4.40. The predicted molar refractivity (Wildman–Crippen MR) is 52.3 cm³/mol. The van der Waals surface area contributed by atoms with Crippen molar-refractivity contribution in [2.75, 3.05) is 5.32 Å². The summed E-state index contributed by atoms with van der Waals surface area (Å²) in [6.07, 6.45) is 1.04. The van der Waals surface area contributed by atoms with Crippen LogP contribution in [0.25, 0.3) is 0 Å². The van der Waals surface area contributed by atoms with E-state index in [-0.39, 0.29) is 0 Å². The third-order valence-corrected chi connectivity index (χ3v) is 1.87. The van der Waals surface area contributed by atoms with Gasteiger partial charge in [-0.25, -0.2) is 4.98 Å². The number of nitriles is 1. The number of hydrogen-bond donors (Lipinski definition) is 1. The van der Waals surface area contributed by atoms with Gasteiger partial charge in [0.1, 0.15) is 17.6 Å². The maximum atomic E-state index is 8.61. The van der Waals surface area contributed by atoms with Crippen molar-refractivity contribution in [2.24, 2.45) is 0 Å². The average molecular weight is 175 g/mol. The normalized spacial score (nSPS) is 11.8. The average Bonchev–Trinajstić information content (AvgIpc) is 2.18. The van der Waals surface area contributed by atoms with Crippen LogP contribution >= 0.6 is 0 Å². The molecule has 1 unspecified atom stereocenters. The monoisotopic (exact) mass is 175 g/mol. The highest BCUT2D eigenvalue weighted by Gasteiger charge is 2.00. The summed E-state index contributed by atoms with van der Waals surface area (Å²) < 4.78 is 0. The lowest BCUT2D eigenvalue weighted by atomic mass is 10.2. The highest BCUT2D eigenvalue weighted by atomic mass is 15.0. The lowest BCUT2D eigenvalue weighted by Gasteiger charge is -2.11. The van der Waals surface area contributed by atoms with Crippen LogP contribution in [-0.4, -0.2) is 11.0 Å². The van der Waals surface area contributed by atoms with Crippen LogP contribution in [0.1, 0.15) is 26.0 Å².